The lowest BCUT2D eigenvalue weighted by Gasteiger charge is -2.30. The Morgan fingerprint density at radius 1 is 1.31 bits per heavy atom. The fourth-order valence-electron chi connectivity index (χ4n) is 3.01. The molecule has 7 nitrogen and oxygen atoms in total. The Bertz CT molecular complexity index is 811. The summed E-state index contributed by atoms with van der Waals surface area (Å²) in [6, 6.07) is 0.121. The van der Waals surface area contributed by atoms with Crippen molar-refractivity contribution in [2.75, 3.05) is 49.8 Å². The van der Waals surface area contributed by atoms with E-state index in [0.29, 0.717) is 16.6 Å². The number of piperidine rings is 1. The number of likely N-dealkylation sites (N-methyl/N-ethyl adjacent to an activating group) is 1. The van der Waals surface area contributed by atoms with E-state index in [1.807, 2.05) is 6.26 Å². The first-order valence-corrected chi connectivity index (χ1v) is 11.1. The third kappa shape index (κ3) is 5.50. The zero-order chi connectivity index (χ0) is 21.0. The van der Waals surface area contributed by atoms with Gasteiger partial charge in [0, 0.05) is 45.1 Å². The topological polar surface area (TPSA) is 77.4 Å². The quantitative estimate of drug-likeness (QED) is 0.626. The summed E-state index contributed by atoms with van der Waals surface area (Å²) in [7, 11) is 1.72. The third-order valence-electron chi connectivity index (χ3n) is 4.63. The van der Waals surface area contributed by atoms with Crippen LogP contribution in [0, 0.1) is 0 Å². The molecule has 2 N–H and O–H groups in total. The van der Waals surface area contributed by atoms with E-state index in [4.69, 9.17) is 5.11 Å². The summed E-state index contributed by atoms with van der Waals surface area (Å²) in [6.45, 7) is 2.07. The lowest BCUT2D eigenvalue weighted by atomic mass is 10.1. The van der Waals surface area contributed by atoms with Gasteiger partial charge in [0.1, 0.15) is 5.56 Å². The van der Waals surface area contributed by atoms with Gasteiger partial charge in [-0.3, -0.25) is 4.31 Å². The number of aliphatic hydroxyl groups excluding tert-OH is 1. The molecule has 3 heterocycles. The van der Waals surface area contributed by atoms with Gasteiger partial charge >= 0.3 is 6.18 Å². The molecular formula is C17H23F3N6OS2. The van der Waals surface area contributed by atoms with Crippen LogP contribution in [-0.2, 0) is 6.18 Å². The lowest BCUT2D eigenvalue weighted by molar-refractivity contribution is -0.137. The molecule has 0 aliphatic carbocycles. The minimum Gasteiger partial charge on any atom is -0.395 e. The van der Waals surface area contributed by atoms with Gasteiger partial charge in [-0.15, -0.1) is 0 Å². The van der Waals surface area contributed by atoms with E-state index in [0.717, 1.165) is 43.5 Å². The second-order valence-corrected chi connectivity index (χ2v) is 8.53. The molecule has 29 heavy (non-hydrogen) atoms. The van der Waals surface area contributed by atoms with Crippen molar-refractivity contribution in [3.63, 3.8) is 0 Å². The monoisotopic (exact) mass is 448 g/mol. The minimum atomic E-state index is -4.57. The molecule has 0 radical (unpaired) electrons. The van der Waals surface area contributed by atoms with Crippen LogP contribution in [0.4, 0.5) is 24.3 Å². The molecule has 1 fully saturated rings. The number of thiazole rings is 1. The van der Waals surface area contributed by atoms with Crippen LogP contribution in [0.25, 0.3) is 10.6 Å². The highest BCUT2D eigenvalue weighted by molar-refractivity contribution is 7.96. The van der Waals surface area contributed by atoms with E-state index in [1.165, 1.54) is 6.20 Å². The molecule has 1 aliphatic heterocycles. The van der Waals surface area contributed by atoms with Gasteiger partial charge < -0.3 is 15.3 Å². The second kappa shape index (κ2) is 9.45. The highest BCUT2D eigenvalue weighted by atomic mass is 32.2. The summed E-state index contributed by atoms with van der Waals surface area (Å²) in [5, 5.41) is 12.7. The van der Waals surface area contributed by atoms with E-state index in [-0.39, 0.29) is 24.3 Å². The number of hydrogen-bond donors (Lipinski definition) is 2. The molecule has 0 atom stereocenters. The SMILES string of the molecule is CSN1CCC(Nc2ncc(C(F)(F)F)c(-c3cnc(N(C)CCO)s3)n2)CC1. The maximum Gasteiger partial charge on any atom is 0.420 e. The third-order valence-corrected chi connectivity index (χ3v) is 6.63. The molecule has 0 saturated carbocycles. The number of hydrogen-bond acceptors (Lipinski definition) is 9. The first-order chi connectivity index (χ1) is 13.8. The van der Waals surface area contributed by atoms with E-state index in [9.17, 15) is 13.2 Å². The Morgan fingerprint density at radius 2 is 2.03 bits per heavy atom. The highest BCUT2D eigenvalue weighted by Crippen LogP contribution is 2.39. The summed E-state index contributed by atoms with van der Waals surface area (Å²) in [6.07, 6.45) is 1.41. The molecule has 0 unspecified atom stereocenters. The Kier molecular flexibility index (Phi) is 7.19. The Balaban J connectivity index is 1.85. The lowest BCUT2D eigenvalue weighted by Crippen LogP contribution is -2.35. The molecular weight excluding hydrogens is 425 g/mol. The van der Waals surface area contributed by atoms with Gasteiger partial charge in [0.25, 0.3) is 0 Å². The fourth-order valence-corrected chi connectivity index (χ4v) is 4.49. The smallest absolute Gasteiger partial charge is 0.395 e. The highest BCUT2D eigenvalue weighted by Gasteiger charge is 2.36. The minimum absolute atomic E-state index is 0.0733. The number of halogens is 3. The molecule has 160 valence electrons. The number of rotatable bonds is 7. The molecule has 0 spiro atoms. The van der Waals surface area contributed by atoms with E-state index < -0.39 is 11.7 Å². The first kappa shape index (κ1) is 22.1. The maximum absolute atomic E-state index is 13.5. The van der Waals surface area contributed by atoms with Crippen molar-refractivity contribution in [1.29, 1.82) is 0 Å². The van der Waals surface area contributed by atoms with Crippen LogP contribution in [0.5, 0.6) is 0 Å². The number of alkyl halides is 3. The van der Waals surface area contributed by atoms with E-state index in [2.05, 4.69) is 24.6 Å². The molecule has 3 rings (SSSR count). The number of aliphatic hydroxyl groups is 1. The van der Waals surface area contributed by atoms with Crippen LogP contribution < -0.4 is 10.2 Å². The summed E-state index contributed by atoms with van der Waals surface area (Å²) in [5.74, 6) is 0.189. The molecule has 2 aromatic rings. The van der Waals surface area contributed by atoms with Crippen LogP contribution in [0.3, 0.4) is 0 Å². The van der Waals surface area contributed by atoms with Crippen molar-refractivity contribution in [1.82, 2.24) is 19.3 Å². The number of aromatic nitrogens is 3. The van der Waals surface area contributed by atoms with Gasteiger partial charge in [-0.05, 0) is 19.1 Å². The Hall–Kier alpha value is -1.63. The normalized spacial score (nSPS) is 16.2. The summed E-state index contributed by atoms with van der Waals surface area (Å²) < 4.78 is 42.8. The predicted molar refractivity (Wildman–Crippen MR) is 110 cm³/mol. The Morgan fingerprint density at radius 3 is 2.66 bits per heavy atom. The fraction of sp³-hybridized carbons (Fsp3) is 0.588. The molecule has 0 bridgehead atoms. The van der Waals surface area contributed by atoms with E-state index in [1.54, 1.807) is 23.9 Å². The summed E-state index contributed by atoms with van der Waals surface area (Å²) in [4.78, 5) is 14.3. The van der Waals surface area contributed by atoms with Gasteiger partial charge in [-0.2, -0.15) is 13.2 Å². The summed E-state index contributed by atoms with van der Waals surface area (Å²) >= 11 is 2.79. The number of nitrogens with one attached hydrogen (secondary N) is 1. The maximum atomic E-state index is 13.5. The molecule has 2 aromatic heterocycles. The van der Waals surface area contributed by atoms with Crippen molar-refractivity contribution < 1.29 is 18.3 Å². The number of anilines is 2. The van der Waals surface area contributed by atoms with Gasteiger partial charge in [0.15, 0.2) is 5.13 Å². The standard InChI is InChI=1S/C17H23F3N6OS2/c1-25(7-8-27)16-22-10-13(29-16)14-12(17(18,19)20)9-21-15(24-14)23-11-3-5-26(28-2)6-4-11/h9-11,27H,3-8H2,1-2H3,(H,21,23,24). The van der Waals surface area contributed by atoms with Crippen molar-refractivity contribution in [2.45, 2.75) is 25.1 Å². The molecule has 12 heteroatoms. The zero-order valence-corrected chi connectivity index (χ0v) is 17.7. The predicted octanol–water partition coefficient (Wildman–Crippen LogP) is 3.20. The van der Waals surface area contributed by atoms with Crippen molar-refractivity contribution >= 4 is 34.4 Å². The van der Waals surface area contributed by atoms with Crippen molar-refractivity contribution in [2.24, 2.45) is 0 Å². The van der Waals surface area contributed by atoms with Crippen LogP contribution in [0.1, 0.15) is 18.4 Å². The average molecular weight is 449 g/mol. The van der Waals surface area contributed by atoms with Crippen LogP contribution >= 0.6 is 23.3 Å². The van der Waals surface area contributed by atoms with E-state index >= 15 is 0 Å². The average Bonchev–Trinajstić information content (AvgIpc) is 3.18. The summed E-state index contributed by atoms with van der Waals surface area (Å²) in [5.41, 5.74) is -1.07. The molecule has 0 amide bonds. The first-order valence-electron chi connectivity index (χ1n) is 9.10. The molecule has 0 aromatic carbocycles. The second-order valence-electron chi connectivity index (χ2n) is 6.64. The van der Waals surface area contributed by atoms with Gasteiger partial charge in [0.2, 0.25) is 5.95 Å². The van der Waals surface area contributed by atoms with Crippen molar-refractivity contribution in [3.05, 3.63) is 18.0 Å². The number of nitrogens with zero attached hydrogens (tertiary/aromatic N) is 5. The van der Waals surface area contributed by atoms with Crippen LogP contribution in [0.2, 0.25) is 0 Å². The van der Waals surface area contributed by atoms with Gasteiger partial charge in [-0.1, -0.05) is 23.3 Å². The molecule has 1 saturated heterocycles. The van der Waals surface area contributed by atoms with Gasteiger partial charge in [0.05, 0.1) is 17.2 Å². The largest absolute Gasteiger partial charge is 0.420 e. The zero-order valence-electron chi connectivity index (χ0n) is 16.1. The van der Waals surface area contributed by atoms with Crippen molar-refractivity contribution in [3.8, 4) is 10.6 Å². The van der Waals surface area contributed by atoms with Crippen LogP contribution in [0.15, 0.2) is 12.4 Å². The van der Waals surface area contributed by atoms with Gasteiger partial charge in [-0.25, -0.2) is 15.0 Å². The Labute approximate surface area is 175 Å². The van der Waals surface area contributed by atoms with Crippen LogP contribution in [-0.4, -0.2) is 70.0 Å². The molecule has 1 aliphatic rings.